The van der Waals surface area contributed by atoms with E-state index in [1.54, 1.807) is 18.4 Å². The third-order valence-electron chi connectivity index (χ3n) is 5.64. The summed E-state index contributed by atoms with van der Waals surface area (Å²) < 4.78 is 12.8. The molecule has 0 fully saturated rings. The molecule has 0 radical (unpaired) electrons. The molecule has 1 heterocycles. The first-order chi connectivity index (χ1) is 16.7. The predicted molar refractivity (Wildman–Crippen MR) is 141 cm³/mol. The van der Waals surface area contributed by atoms with Crippen molar-refractivity contribution >= 4 is 27.2 Å². The summed E-state index contributed by atoms with van der Waals surface area (Å²) in [6, 6.07) is 31.0. The summed E-state index contributed by atoms with van der Waals surface area (Å²) in [5.41, 5.74) is 6.75. The van der Waals surface area contributed by atoms with Crippen molar-refractivity contribution in [3.8, 4) is 22.1 Å². The van der Waals surface area contributed by atoms with Gasteiger partial charge in [0.05, 0.1) is 17.3 Å². The van der Waals surface area contributed by atoms with Gasteiger partial charge in [-0.05, 0) is 72.1 Å². The zero-order valence-corrected chi connectivity index (χ0v) is 20.1. The number of aromatic nitrogens is 1. The smallest absolute Gasteiger partial charge is 0.161 e. The summed E-state index contributed by atoms with van der Waals surface area (Å²) in [5, 5.41) is 4.53. The van der Waals surface area contributed by atoms with Gasteiger partial charge in [0, 0.05) is 17.8 Å². The number of nitrogens with one attached hydrogen (secondary N) is 1. The maximum absolute atomic E-state index is 5.97. The number of hydrogen-bond acceptors (Lipinski definition) is 5. The van der Waals surface area contributed by atoms with Gasteiger partial charge in [-0.2, -0.15) is 0 Å². The molecule has 0 atom stereocenters. The van der Waals surface area contributed by atoms with E-state index in [0.29, 0.717) is 13.2 Å². The number of aryl methyl sites for hydroxylation is 1. The Morgan fingerprint density at radius 1 is 0.824 bits per heavy atom. The molecule has 5 heteroatoms. The zero-order chi connectivity index (χ0) is 23.3. The largest absolute Gasteiger partial charge is 0.493 e. The monoisotopic (exact) mass is 466 g/mol. The molecule has 170 valence electrons. The number of methoxy groups -OCH3 is 1. The van der Waals surface area contributed by atoms with E-state index >= 15 is 0 Å². The van der Waals surface area contributed by atoms with E-state index < -0.39 is 0 Å². The van der Waals surface area contributed by atoms with Gasteiger partial charge in [-0.1, -0.05) is 42.5 Å². The van der Waals surface area contributed by atoms with E-state index in [2.05, 4.69) is 60.8 Å². The topological polar surface area (TPSA) is 43.4 Å². The molecule has 4 aromatic carbocycles. The first kappa shape index (κ1) is 22.0. The first-order valence-corrected chi connectivity index (χ1v) is 12.0. The third-order valence-corrected chi connectivity index (χ3v) is 6.70. The number of anilines is 1. The molecule has 1 N–H and O–H groups in total. The standard InChI is InChI=1S/C29H26N2O2S/c1-20-8-14-25-28(16-20)34-29(31-25)23-10-12-24(13-11-23)30-18-22-9-15-26(27(17-22)32-2)33-19-21-6-4-3-5-7-21/h3-17,30H,18-19H2,1-2H3. The maximum Gasteiger partial charge on any atom is 0.161 e. The number of ether oxygens (including phenoxy) is 2. The van der Waals surface area contributed by atoms with Crippen molar-refractivity contribution in [3.63, 3.8) is 0 Å². The summed E-state index contributed by atoms with van der Waals surface area (Å²) in [5.74, 6) is 1.47. The van der Waals surface area contributed by atoms with E-state index in [4.69, 9.17) is 14.5 Å². The second kappa shape index (κ2) is 9.98. The number of thiazole rings is 1. The minimum atomic E-state index is 0.509. The molecule has 5 aromatic rings. The SMILES string of the molecule is COc1cc(CNc2ccc(-c3nc4ccc(C)cc4s3)cc2)ccc1OCc1ccccc1. The van der Waals surface area contributed by atoms with Gasteiger partial charge >= 0.3 is 0 Å². The van der Waals surface area contributed by atoms with Crippen LogP contribution >= 0.6 is 11.3 Å². The highest BCUT2D eigenvalue weighted by Crippen LogP contribution is 2.32. The number of benzene rings is 4. The molecule has 0 bridgehead atoms. The van der Waals surface area contributed by atoms with Crippen LogP contribution in [0.2, 0.25) is 0 Å². The van der Waals surface area contributed by atoms with Crippen molar-refractivity contribution in [2.45, 2.75) is 20.1 Å². The van der Waals surface area contributed by atoms with Crippen LogP contribution in [0.1, 0.15) is 16.7 Å². The number of rotatable bonds is 8. The fourth-order valence-corrected chi connectivity index (χ4v) is 4.84. The van der Waals surface area contributed by atoms with Crippen LogP contribution < -0.4 is 14.8 Å². The Bertz CT molecular complexity index is 1400. The lowest BCUT2D eigenvalue weighted by Gasteiger charge is -2.13. The van der Waals surface area contributed by atoms with Gasteiger partial charge in [0.1, 0.15) is 11.6 Å². The molecule has 5 rings (SSSR count). The molecule has 0 aliphatic heterocycles. The Balaban J connectivity index is 1.22. The highest BCUT2D eigenvalue weighted by atomic mass is 32.1. The fourth-order valence-electron chi connectivity index (χ4n) is 3.77. The van der Waals surface area contributed by atoms with Crippen molar-refractivity contribution in [3.05, 3.63) is 108 Å². The van der Waals surface area contributed by atoms with Gasteiger partial charge in [0.25, 0.3) is 0 Å². The van der Waals surface area contributed by atoms with Gasteiger partial charge in [0.15, 0.2) is 11.5 Å². The molecule has 1 aromatic heterocycles. The van der Waals surface area contributed by atoms with Crippen LogP contribution in [0.15, 0.2) is 91.0 Å². The average molecular weight is 467 g/mol. The molecule has 0 amide bonds. The Morgan fingerprint density at radius 3 is 2.44 bits per heavy atom. The van der Waals surface area contributed by atoms with E-state index in [1.807, 2.05) is 42.5 Å². The highest BCUT2D eigenvalue weighted by molar-refractivity contribution is 7.21. The maximum atomic E-state index is 5.97. The number of nitrogens with zero attached hydrogens (tertiary/aromatic N) is 1. The van der Waals surface area contributed by atoms with Crippen LogP contribution in [-0.4, -0.2) is 12.1 Å². The van der Waals surface area contributed by atoms with Crippen LogP contribution in [0.4, 0.5) is 5.69 Å². The highest BCUT2D eigenvalue weighted by Gasteiger charge is 2.08. The van der Waals surface area contributed by atoms with Gasteiger partial charge in [-0.15, -0.1) is 11.3 Å². The van der Waals surface area contributed by atoms with Crippen LogP contribution in [0.25, 0.3) is 20.8 Å². The summed E-state index contributed by atoms with van der Waals surface area (Å²) in [7, 11) is 1.67. The van der Waals surface area contributed by atoms with Gasteiger partial charge in [0.2, 0.25) is 0 Å². The Hall–Kier alpha value is -3.83. The van der Waals surface area contributed by atoms with E-state index in [-0.39, 0.29) is 0 Å². The Kier molecular flexibility index (Phi) is 6.45. The van der Waals surface area contributed by atoms with Gasteiger partial charge < -0.3 is 14.8 Å². The summed E-state index contributed by atoms with van der Waals surface area (Å²) >= 11 is 1.73. The van der Waals surface area contributed by atoms with Crippen LogP contribution in [-0.2, 0) is 13.2 Å². The molecule has 0 saturated carbocycles. The summed E-state index contributed by atoms with van der Waals surface area (Å²) in [6.07, 6.45) is 0. The van der Waals surface area contributed by atoms with Crippen LogP contribution in [0.3, 0.4) is 0 Å². The van der Waals surface area contributed by atoms with Crippen molar-refractivity contribution < 1.29 is 9.47 Å². The molecule has 0 unspecified atom stereocenters. The van der Waals surface area contributed by atoms with Crippen molar-refractivity contribution in [2.75, 3.05) is 12.4 Å². The fraction of sp³-hybridized carbons (Fsp3) is 0.138. The number of hydrogen-bond donors (Lipinski definition) is 1. The normalized spacial score (nSPS) is 10.9. The van der Waals surface area contributed by atoms with E-state index in [0.717, 1.165) is 44.4 Å². The lowest BCUT2D eigenvalue weighted by atomic mass is 10.1. The molecule has 4 nitrogen and oxygen atoms in total. The molecule has 34 heavy (non-hydrogen) atoms. The van der Waals surface area contributed by atoms with Crippen molar-refractivity contribution in [2.24, 2.45) is 0 Å². The summed E-state index contributed by atoms with van der Waals surface area (Å²) in [4.78, 5) is 4.78. The predicted octanol–water partition coefficient (Wildman–Crippen LogP) is 7.47. The van der Waals surface area contributed by atoms with Crippen molar-refractivity contribution in [1.29, 1.82) is 0 Å². The Labute approximate surface area is 203 Å². The van der Waals surface area contributed by atoms with Gasteiger partial charge in [-0.3, -0.25) is 0 Å². The van der Waals surface area contributed by atoms with Crippen LogP contribution in [0.5, 0.6) is 11.5 Å². The molecule has 0 spiro atoms. The van der Waals surface area contributed by atoms with Crippen molar-refractivity contribution in [1.82, 2.24) is 4.98 Å². The lowest BCUT2D eigenvalue weighted by molar-refractivity contribution is 0.284. The zero-order valence-electron chi connectivity index (χ0n) is 19.2. The summed E-state index contributed by atoms with van der Waals surface area (Å²) in [6.45, 7) is 3.31. The average Bonchev–Trinajstić information content (AvgIpc) is 3.30. The second-order valence-electron chi connectivity index (χ2n) is 8.18. The van der Waals surface area contributed by atoms with Gasteiger partial charge in [-0.25, -0.2) is 4.98 Å². The minimum Gasteiger partial charge on any atom is -0.493 e. The van der Waals surface area contributed by atoms with E-state index in [9.17, 15) is 0 Å². The molecule has 0 aliphatic carbocycles. The molecular weight excluding hydrogens is 440 g/mol. The molecule has 0 aliphatic rings. The lowest BCUT2D eigenvalue weighted by Crippen LogP contribution is -2.01. The van der Waals surface area contributed by atoms with E-state index in [1.165, 1.54) is 10.3 Å². The molecular formula is C29H26N2O2S. The number of fused-ring (bicyclic) bond motifs is 1. The molecule has 0 saturated heterocycles. The first-order valence-electron chi connectivity index (χ1n) is 11.2. The third kappa shape index (κ3) is 5.05. The quantitative estimate of drug-likeness (QED) is 0.258. The van der Waals surface area contributed by atoms with Crippen LogP contribution in [0, 0.1) is 6.92 Å². The Morgan fingerprint density at radius 2 is 1.65 bits per heavy atom. The minimum absolute atomic E-state index is 0.509. The second-order valence-corrected chi connectivity index (χ2v) is 9.21.